The largest absolute Gasteiger partial charge is 0.439 e. The van der Waals surface area contributed by atoms with E-state index < -0.39 is 0 Å². The quantitative estimate of drug-likeness (QED) is 0.893. The summed E-state index contributed by atoms with van der Waals surface area (Å²) in [5, 5.41) is 3.25. The maximum Gasteiger partial charge on any atom is 0.224 e. The first-order chi connectivity index (χ1) is 10.1. The Hall–Kier alpha value is -2.10. The third-order valence-electron chi connectivity index (χ3n) is 3.44. The fraction of sp³-hybridized carbons (Fsp3) is 0.412. The maximum absolute atomic E-state index is 5.95. The van der Waals surface area contributed by atoms with E-state index in [0.717, 1.165) is 23.9 Å². The molecule has 0 radical (unpaired) electrons. The van der Waals surface area contributed by atoms with Gasteiger partial charge in [-0.25, -0.2) is 4.98 Å². The molecular formula is C17H21N3O. The topological polar surface area (TPSA) is 47.0 Å². The summed E-state index contributed by atoms with van der Waals surface area (Å²) in [7, 11) is 0. The van der Waals surface area contributed by atoms with Crippen molar-refractivity contribution in [3.05, 3.63) is 41.2 Å². The first-order valence-corrected chi connectivity index (χ1v) is 7.53. The fourth-order valence-corrected chi connectivity index (χ4v) is 2.40. The van der Waals surface area contributed by atoms with Crippen molar-refractivity contribution in [1.29, 1.82) is 0 Å². The Morgan fingerprint density at radius 1 is 1.10 bits per heavy atom. The number of aromatic nitrogens is 2. The van der Waals surface area contributed by atoms with Gasteiger partial charge in [-0.2, -0.15) is 4.98 Å². The number of ether oxygens (including phenoxy) is 1. The lowest BCUT2D eigenvalue weighted by atomic mass is 10.1. The average Bonchev–Trinajstić information content (AvgIpc) is 3.21. The van der Waals surface area contributed by atoms with E-state index in [9.17, 15) is 0 Å². The Bertz CT molecular complexity index is 630. The highest BCUT2D eigenvalue weighted by Gasteiger charge is 2.27. The van der Waals surface area contributed by atoms with Crippen LogP contribution in [0.1, 0.15) is 42.6 Å². The number of nitrogens with one attached hydrogen (secondary N) is 1. The lowest BCUT2D eigenvalue weighted by Gasteiger charge is -2.10. The molecule has 0 aliphatic heterocycles. The monoisotopic (exact) mass is 283 g/mol. The molecular weight excluding hydrogens is 262 g/mol. The minimum Gasteiger partial charge on any atom is -0.439 e. The van der Waals surface area contributed by atoms with Crippen LogP contribution >= 0.6 is 0 Å². The van der Waals surface area contributed by atoms with Crippen LogP contribution in [0, 0.1) is 13.8 Å². The average molecular weight is 283 g/mol. The second-order valence-corrected chi connectivity index (χ2v) is 5.68. The summed E-state index contributed by atoms with van der Waals surface area (Å²) in [6.45, 7) is 7.03. The summed E-state index contributed by atoms with van der Waals surface area (Å²) in [5.74, 6) is 3.69. The van der Waals surface area contributed by atoms with Crippen molar-refractivity contribution in [1.82, 2.24) is 9.97 Å². The van der Waals surface area contributed by atoms with E-state index in [1.807, 2.05) is 18.2 Å². The van der Waals surface area contributed by atoms with E-state index >= 15 is 0 Å². The fourth-order valence-electron chi connectivity index (χ4n) is 2.40. The molecule has 0 atom stereocenters. The summed E-state index contributed by atoms with van der Waals surface area (Å²) < 4.78 is 5.95. The van der Waals surface area contributed by atoms with Crippen molar-refractivity contribution < 1.29 is 4.74 Å². The predicted octanol–water partition coefficient (Wildman–Crippen LogP) is 4.19. The maximum atomic E-state index is 5.95. The highest BCUT2D eigenvalue weighted by molar-refractivity contribution is 5.42. The van der Waals surface area contributed by atoms with Crippen LogP contribution in [0.4, 0.5) is 5.82 Å². The van der Waals surface area contributed by atoms with Gasteiger partial charge < -0.3 is 10.1 Å². The number of hydrogen-bond acceptors (Lipinski definition) is 4. The van der Waals surface area contributed by atoms with Crippen LogP contribution in [-0.4, -0.2) is 16.5 Å². The molecule has 1 aromatic carbocycles. The number of rotatable bonds is 5. The lowest BCUT2D eigenvalue weighted by molar-refractivity contribution is 0.458. The highest BCUT2D eigenvalue weighted by atomic mass is 16.5. The number of aryl methyl sites for hydroxylation is 2. The van der Waals surface area contributed by atoms with Crippen molar-refractivity contribution in [2.45, 2.75) is 39.5 Å². The van der Waals surface area contributed by atoms with Gasteiger partial charge in [-0.15, -0.1) is 0 Å². The van der Waals surface area contributed by atoms with Gasteiger partial charge in [0.2, 0.25) is 5.88 Å². The van der Waals surface area contributed by atoms with Crippen LogP contribution < -0.4 is 10.1 Å². The molecule has 1 aliphatic rings. The normalized spacial score (nSPS) is 14.0. The molecule has 1 aromatic heterocycles. The number of hydrogen-bond donors (Lipinski definition) is 1. The van der Waals surface area contributed by atoms with Crippen LogP contribution in [-0.2, 0) is 0 Å². The third-order valence-corrected chi connectivity index (χ3v) is 3.44. The Balaban J connectivity index is 1.89. The molecule has 1 saturated carbocycles. The molecule has 1 fully saturated rings. The van der Waals surface area contributed by atoms with Crippen LogP contribution in [0.3, 0.4) is 0 Å². The van der Waals surface area contributed by atoms with Gasteiger partial charge in [0.25, 0.3) is 0 Å². The molecule has 0 bridgehead atoms. The molecule has 4 heteroatoms. The molecule has 0 unspecified atom stereocenters. The van der Waals surface area contributed by atoms with Gasteiger partial charge in [-0.3, -0.25) is 0 Å². The molecule has 2 aromatic rings. The van der Waals surface area contributed by atoms with E-state index in [0.29, 0.717) is 11.8 Å². The SMILES string of the molecule is CCNc1cc(Oc2cc(C)cc(C)c2)nc(C2CC2)n1. The van der Waals surface area contributed by atoms with Crippen LogP contribution in [0.5, 0.6) is 11.6 Å². The molecule has 21 heavy (non-hydrogen) atoms. The highest BCUT2D eigenvalue weighted by Crippen LogP contribution is 2.39. The van der Waals surface area contributed by atoms with Crippen LogP contribution in [0.25, 0.3) is 0 Å². The molecule has 0 spiro atoms. The first-order valence-electron chi connectivity index (χ1n) is 7.53. The summed E-state index contributed by atoms with van der Waals surface area (Å²) in [5.41, 5.74) is 2.38. The predicted molar refractivity (Wildman–Crippen MR) is 84.2 cm³/mol. The van der Waals surface area contributed by atoms with Crippen LogP contribution in [0.2, 0.25) is 0 Å². The first kappa shape index (κ1) is 13.9. The summed E-state index contributed by atoms with van der Waals surface area (Å²) in [6.07, 6.45) is 2.36. The van der Waals surface area contributed by atoms with Crippen molar-refractivity contribution in [3.8, 4) is 11.6 Å². The lowest BCUT2D eigenvalue weighted by Crippen LogP contribution is -2.04. The summed E-state index contributed by atoms with van der Waals surface area (Å²) in [4.78, 5) is 9.12. The smallest absolute Gasteiger partial charge is 0.224 e. The van der Waals surface area contributed by atoms with Crippen molar-refractivity contribution in [2.75, 3.05) is 11.9 Å². The molecule has 0 saturated heterocycles. The molecule has 1 N–H and O–H groups in total. The Morgan fingerprint density at radius 2 is 1.81 bits per heavy atom. The molecule has 110 valence electrons. The van der Waals surface area contributed by atoms with E-state index in [4.69, 9.17) is 4.74 Å². The number of nitrogens with zero attached hydrogens (tertiary/aromatic N) is 2. The minimum atomic E-state index is 0.505. The molecule has 1 aliphatic carbocycles. The van der Waals surface area contributed by atoms with E-state index in [2.05, 4.69) is 42.1 Å². The minimum absolute atomic E-state index is 0.505. The van der Waals surface area contributed by atoms with Crippen LogP contribution in [0.15, 0.2) is 24.3 Å². The molecule has 1 heterocycles. The van der Waals surface area contributed by atoms with Gasteiger partial charge in [0, 0.05) is 18.5 Å². The van der Waals surface area contributed by atoms with Gasteiger partial charge in [0.05, 0.1) is 0 Å². The molecule has 3 rings (SSSR count). The van der Waals surface area contributed by atoms with Gasteiger partial charge in [-0.1, -0.05) is 6.07 Å². The van der Waals surface area contributed by atoms with E-state index in [-0.39, 0.29) is 0 Å². The third kappa shape index (κ3) is 3.51. The number of benzene rings is 1. The Kier molecular flexibility index (Phi) is 3.78. The number of anilines is 1. The second kappa shape index (κ2) is 5.72. The van der Waals surface area contributed by atoms with Crippen molar-refractivity contribution in [3.63, 3.8) is 0 Å². The Labute approximate surface area is 125 Å². The van der Waals surface area contributed by atoms with Crippen molar-refractivity contribution >= 4 is 5.82 Å². The standard InChI is InChI=1S/C17H21N3O/c1-4-18-15-10-16(20-17(19-15)13-5-6-13)21-14-8-11(2)7-12(3)9-14/h7-10,13H,4-6H2,1-3H3,(H,18,19,20). The van der Waals surface area contributed by atoms with E-state index in [1.54, 1.807) is 0 Å². The Morgan fingerprint density at radius 3 is 2.43 bits per heavy atom. The molecule has 4 nitrogen and oxygen atoms in total. The van der Waals surface area contributed by atoms with Gasteiger partial charge in [0.1, 0.15) is 17.4 Å². The summed E-state index contributed by atoms with van der Waals surface area (Å²) >= 11 is 0. The zero-order chi connectivity index (χ0) is 14.8. The zero-order valence-electron chi connectivity index (χ0n) is 12.8. The zero-order valence-corrected chi connectivity index (χ0v) is 12.8. The molecule has 0 amide bonds. The van der Waals surface area contributed by atoms with Gasteiger partial charge >= 0.3 is 0 Å². The van der Waals surface area contributed by atoms with Gasteiger partial charge in [0.15, 0.2) is 0 Å². The van der Waals surface area contributed by atoms with E-state index in [1.165, 1.54) is 24.0 Å². The van der Waals surface area contributed by atoms with Gasteiger partial charge in [-0.05, 0) is 56.9 Å². The second-order valence-electron chi connectivity index (χ2n) is 5.68. The van der Waals surface area contributed by atoms with Crippen molar-refractivity contribution in [2.24, 2.45) is 0 Å². The summed E-state index contributed by atoms with van der Waals surface area (Å²) in [6, 6.07) is 8.05.